The largest absolute Gasteiger partial charge is 0.481 e. The van der Waals surface area contributed by atoms with Crippen LogP contribution in [-0.4, -0.2) is 34.0 Å². The molecule has 3 unspecified atom stereocenters. The van der Waals surface area contributed by atoms with Crippen LogP contribution in [0.5, 0.6) is 0 Å². The molecule has 3 fully saturated rings. The molecule has 4 nitrogen and oxygen atoms in total. The Morgan fingerprint density at radius 3 is 2.25 bits per heavy atom. The highest BCUT2D eigenvalue weighted by Crippen LogP contribution is 2.41. The lowest BCUT2D eigenvalue weighted by atomic mass is 9.80. The van der Waals surface area contributed by atoms with Gasteiger partial charge in [0.2, 0.25) is 5.91 Å². The zero-order chi connectivity index (χ0) is 14.3. The summed E-state index contributed by atoms with van der Waals surface area (Å²) in [4.78, 5) is 26.2. The van der Waals surface area contributed by atoms with E-state index in [4.69, 9.17) is 0 Å². The van der Waals surface area contributed by atoms with Gasteiger partial charge in [-0.3, -0.25) is 9.59 Å². The molecular formula is C16H25NO3. The summed E-state index contributed by atoms with van der Waals surface area (Å²) >= 11 is 0. The fourth-order valence-electron chi connectivity index (χ4n) is 3.72. The number of aliphatic carboxylic acids is 1. The van der Waals surface area contributed by atoms with Gasteiger partial charge in [0.05, 0.1) is 5.92 Å². The van der Waals surface area contributed by atoms with E-state index in [1.165, 1.54) is 12.8 Å². The molecule has 4 heteroatoms. The van der Waals surface area contributed by atoms with E-state index in [1.807, 2.05) is 0 Å². The summed E-state index contributed by atoms with van der Waals surface area (Å²) in [7, 11) is 0. The van der Waals surface area contributed by atoms with Crippen LogP contribution in [0.25, 0.3) is 0 Å². The van der Waals surface area contributed by atoms with E-state index >= 15 is 0 Å². The minimum atomic E-state index is -0.726. The Labute approximate surface area is 120 Å². The van der Waals surface area contributed by atoms with Gasteiger partial charge in [-0.25, -0.2) is 0 Å². The molecule has 0 heterocycles. The van der Waals surface area contributed by atoms with Crippen molar-refractivity contribution in [1.82, 2.24) is 4.90 Å². The molecule has 1 N–H and O–H groups in total. The second kappa shape index (κ2) is 5.38. The predicted molar refractivity (Wildman–Crippen MR) is 75.1 cm³/mol. The van der Waals surface area contributed by atoms with Gasteiger partial charge in [-0.05, 0) is 57.8 Å². The third-order valence-corrected chi connectivity index (χ3v) is 5.31. The number of nitrogens with zero attached hydrogens (tertiary/aromatic N) is 1. The molecule has 0 aromatic rings. The molecule has 0 aromatic carbocycles. The van der Waals surface area contributed by atoms with Gasteiger partial charge in [0.15, 0.2) is 0 Å². The van der Waals surface area contributed by atoms with E-state index in [1.54, 1.807) is 0 Å². The Morgan fingerprint density at radius 2 is 1.70 bits per heavy atom. The minimum absolute atomic E-state index is 0.0494. The number of hydrogen-bond donors (Lipinski definition) is 1. The quantitative estimate of drug-likeness (QED) is 0.841. The van der Waals surface area contributed by atoms with Crippen molar-refractivity contribution < 1.29 is 14.7 Å². The SMILES string of the molecule is CC(C1CC1)N(C(=O)C1CCCC(C(=O)O)C1)C1CC1. The summed E-state index contributed by atoms with van der Waals surface area (Å²) in [6.07, 6.45) is 7.82. The first kappa shape index (κ1) is 13.9. The molecular weight excluding hydrogens is 254 g/mol. The summed E-state index contributed by atoms with van der Waals surface area (Å²) in [6, 6.07) is 0.809. The van der Waals surface area contributed by atoms with Crippen molar-refractivity contribution in [2.24, 2.45) is 17.8 Å². The molecule has 1 amide bonds. The maximum Gasteiger partial charge on any atom is 0.306 e. The Hall–Kier alpha value is -1.06. The highest BCUT2D eigenvalue weighted by atomic mass is 16.4. The van der Waals surface area contributed by atoms with E-state index in [0.29, 0.717) is 24.4 Å². The molecule has 0 saturated heterocycles. The Morgan fingerprint density at radius 1 is 1.05 bits per heavy atom. The van der Waals surface area contributed by atoms with Gasteiger partial charge in [-0.2, -0.15) is 0 Å². The monoisotopic (exact) mass is 279 g/mol. The molecule has 20 heavy (non-hydrogen) atoms. The molecule has 3 atom stereocenters. The van der Waals surface area contributed by atoms with E-state index in [2.05, 4.69) is 11.8 Å². The number of amides is 1. The van der Waals surface area contributed by atoms with Gasteiger partial charge in [-0.1, -0.05) is 6.42 Å². The molecule has 0 radical (unpaired) electrons. The molecule has 0 aromatic heterocycles. The maximum atomic E-state index is 12.9. The molecule has 3 aliphatic rings. The summed E-state index contributed by atoms with van der Waals surface area (Å²) in [5.74, 6) is -0.145. The van der Waals surface area contributed by atoms with Crippen LogP contribution >= 0.6 is 0 Å². The van der Waals surface area contributed by atoms with E-state index < -0.39 is 5.97 Å². The lowest BCUT2D eigenvalue weighted by Gasteiger charge is -2.35. The second-order valence-electron chi connectivity index (χ2n) is 6.95. The van der Waals surface area contributed by atoms with Crippen molar-refractivity contribution in [3.8, 4) is 0 Å². The average Bonchev–Trinajstić information content (AvgIpc) is 3.29. The van der Waals surface area contributed by atoms with Crippen LogP contribution in [0.4, 0.5) is 0 Å². The van der Waals surface area contributed by atoms with Gasteiger partial charge in [0, 0.05) is 18.0 Å². The normalized spacial score (nSPS) is 31.6. The van der Waals surface area contributed by atoms with Gasteiger partial charge in [0.1, 0.15) is 0 Å². The molecule has 0 spiro atoms. The number of carboxylic acid groups (broad SMARTS) is 1. The van der Waals surface area contributed by atoms with Gasteiger partial charge >= 0.3 is 5.97 Å². The highest BCUT2D eigenvalue weighted by Gasteiger charge is 2.44. The van der Waals surface area contributed by atoms with Gasteiger partial charge in [0.25, 0.3) is 0 Å². The number of hydrogen-bond acceptors (Lipinski definition) is 2. The van der Waals surface area contributed by atoms with Crippen molar-refractivity contribution in [2.45, 2.75) is 70.4 Å². The van der Waals surface area contributed by atoms with Gasteiger partial charge < -0.3 is 10.0 Å². The van der Waals surface area contributed by atoms with Crippen LogP contribution in [-0.2, 0) is 9.59 Å². The predicted octanol–water partition coefficient (Wildman–Crippen LogP) is 2.67. The summed E-state index contributed by atoms with van der Waals surface area (Å²) in [6.45, 7) is 2.19. The summed E-state index contributed by atoms with van der Waals surface area (Å²) < 4.78 is 0. The first-order chi connectivity index (χ1) is 9.58. The maximum absolute atomic E-state index is 12.9. The van der Waals surface area contributed by atoms with Crippen molar-refractivity contribution >= 4 is 11.9 Å². The molecule has 3 rings (SSSR count). The van der Waals surface area contributed by atoms with Crippen molar-refractivity contribution in [3.05, 3.63) is 0 Å². The number of carbonyl (C=O) groups is 2. The van der Waals surface area contributed by atoms with E-state index in [9.17, 15) is 14.7 Å². The molecule has 3 saturated carbocycles. The first-order valence-electron chi connectivity index (χ1n) is 8.13. The number of carbonyl (C=O) groups excluding carboxylic acids is 1. The Balaban J connectivity index is 1.67. The standard InChI is InChI=1S/C16H25NO3/c1-10(11-5-6-11)17(14-7-8-14)15(18)12-3-2-4-13(9-12)16(19)20/h10-14H,2-9H2,1H3,(H,19,20). The van der Waals surface area contributed by atoms with E-state index in [-0.39, 0.29) is 17.7 Å². The van der Waals surface area contributed by atoms with Crippen LogP contribution in [0.1, 0.15) is 58.3 Å². The molecule has 112 valence electrons. The Bertz CT molecular complexity index is 401. The fraction of sp³-hybridized carbons (Fsp3) is 0.875. The van der Waals surface area contributed by atoms with Crippen LogP contribution in [0.15, 0.2) is 0 Å². The van der Waals surface area contributed by atoms with Gasteiger partial charge in [-0.15, -0.1) is 0 Å². The molecule has 0 bridgehead atoms. The molecule has 0 aliphatic heterocycles. The average molecular weight is 279 g/mol. The zero-order valence-corrected chi connectivity index (χ0v) is 12.3. The third-order valence-electron chi connectivity index (χ3n) is 5.31. The summed E-state index contributed by atoms with van der Waals surface area (Å²) in [5.41, 5.74) is 0. The van der Waals surface area contributed by atoms with Crippen LogP contribution < -0.4 is 0 Å². The zero-order valence-electron chi connectivity index (χ0n) is 12.3. The van der Waals surface area contributed by atoms with Crippen molar-refractivity contribution in [1.29, 1.82) is 0 Å². The fourth-order valence-corrected chi connectivity index (χ4v) is 3.72. The number of rotatable bonds is 5. The second-order valence-corrected chi connectivity index (χ2v) is 6.95. The highest BCUT2D eigenvalue weighted by molar-refractivity contribution is 5.81. The first-order valence-corrected chi connectivity index (χ1v) is 8.13. The van der Waals surface area contributed by atoms with Crippen molar-refractivity contribution in [3.63, 3.8) is 0 Å². The lowest BCUT2D eigenvalue weighted by Crippen LogP contribution is -2.46. The number of carboxylic acids is 1. The van der Waals surface area contributed by atoms with Crippen LogP contribution in [0, 0.1) is 17.8 Å². The summed E-state index contributed by atoms with van der Waals surface area (Å²) in [5, 5.41) is 9.18. The minimum Gasteiger partial charge on any atom is -0.481 e. The van der Waals surface area contributed by atoms with Crippen LogP contribution in [0.3, 0.4) is 0 Å². The van der Waals surface area contributed by atoms with Crippen molar-refractivity contribution in [2.75, 3.05) is 0 Å². The Kier molecular flexibility index (Phi) is 3.74. The smallest absolute Gasteiger partial charge is 0.306 e. The van der Waals surface area contributed by atoms with E-state index in [0.717, 1.165) is 32.1 Å². The van der Waals surface area contributed by atoms with Crippen LogP contribution in [0.2, 0.25) is 0 Å². The lowest BCUT2D eigenvalue weighted by molar-refractivity contribution is -0.146. The molecule has 3 aliphatic carbocycles. The third kappa shape index (κ3) is 2.84. The topological polar surface area (TPSA) is 57.6 Å².